The van der Waals surface area contributed by atoms with Gasteiger partial charge in [-0.3, -0.25) is 4.98 Å². The number of ether oxygens (including phenoxy) is 1. The predicted octanol–water partition coefficient (Wildman–Crippen LogP) is 6.45. The smallest absolute Gasteiger partial charge is 0.145 e. The number of benzene rings is 2. The molecule has 168 valence electrons. The Hall–Kier alpha value is -3.47. The van der Waals surface area contributed by atoms with Crippen molar-refractivity contribution in [3.63, 3.8) is 0 Å². The number of aromatic amines is 1. The first-order chi connectivity index (χ1) is 16.3. The van der Waals surface area contributed by atoms with Crippen LogP contribution in [0.2, 0.25) is 0 Å². The van der Waals surface area contributed by atoms with Crippen LogP contribution in [-0.4, -0.2) is 28.7 Å². The van der Waals surface area contributed by atoms with Gasteiger partial charge in [-0.25, -0.2) is 0 Å². The standard InChI is InChI=1S/C28H30N4O/c1-4-13-28(14-5-1)20-32(17-12-21-19-30-25-7-3-2-6-24(21)25)26-9-8-23(18-27(26)33-28)31-22-10-15-29-16-11-22/h2-3,6-11,15-16,18-19,30H,1,4-5,12-14,17,20H2,(H,29,31). The number of hydrogen-bond donors (Lipinski definition) is 2. The quantitative estimate of drug-likeness (QED) is 0.376. The molecule has 1 aliphatic heterocycles. The van der Waals surface area contributed by atoms with E-state index < -0.39 is 0 Å². The minimum atomic E-state index is -0.0687. The fraction of sp³-hybridized carbons (Fsp3) is 0.321. The van der Waals surface area contributed by atoms with Crippen LogP contribution in [0.3, 0.4) is 0 Å². The van der Waals surface area contributed by atoms with Crippen molar-refractivity contribution >= 4 is 28.0 Å². The SMILES string of the molecule is c1ccc2c(CCN3CC4(CCCCC4)Oc4cc(Nc5ccncc5)ccc43)c[nH]c2c1. The lowest BCUT2D eigenvalue weighted by molar-refractivity contribution is 0.0286. The van der Waals surface area contributed by atoms with Gasteiger partial charge in [0.25, 0.3) is 0 Å². The highest BCUT2D eigenvalue weighted by atomic mass is 16.5. The Morgan fingerprint density at radius 1 is 0.970 bits per heavy atom. The van der Waals surface area contributed by atoms with Crippen LogP contribution in [0.25, 0.3) is 10.9 Å². The summed E-state index contributed by atoms with van der Waals surface area (Å²) in [6, 6.07) is 19.1. The third-order valence-electron chi connectivity index (χ3n) is 7.17. The number of fused-ring (bicyclic) bond motifs is 2. The average molecular weight is 439 g/mol. The molecule has 1 saturated carbocycles. The molecule has 0 radical (unpaired) electrons. The van der Waals surface area contributed by atoms with Crippen molar-refractivity contribution in [3.8, 4) is 5.75 Å². The van der Waals surface area contributed by atoms with Crippen molar-refractivity contribution in [2.45, 2.75) is 44.1 Å². The van der Waals surface area contributed by atoms with Crippen molar-refractivity contribution in [1.82, 2.24) is 9.97 Å². The second kappa shape index (κ2) is 8.47. The van der Waals surface area contributed by atoms with Gasteiger partial charge in [-0.15, -0.1) is 0 Å². The first-order valence-corrected chi connectivity index (χ1v) is 12.1. The summed E-state index contributed by atoms with van der Waals surface area (Å²) in [6.45, 7) is 1.95. The highest BCUT2D eigenvalue weighted by molar-refractivity contribution is 5.83. The molecule has 0 saturated heterocycles. The van der Waals surface area contributed by atoms with Crippen LogP contribution in [0.4, 0.5) is 17.1 Å². The molecule has 4 aromatic rings. The Bertz CT molecular complexity index is 1240. The zero-order valence-corrected chi connectivity index (χ0v) is 18.9. The molecule has 1 aliphatic carbocycles. The largest absolute Gasteiger partial charge is 0.483 e. The van der Waals surface area contributed by atoms with Gasteiger partial charge in [0.05, 0.1) is 12.2 Å². The molecule has 0 amide bonds. The van der Waals surface area contributed by atoms with Crippen LogP contribution >= 0.6 is 0 Å². The molecule has 2 aromatic heterocycles. The maximum atomic E-state index is 6.78. The second-order valence-electron chi connectivity index (χ2n) is 9.42. The lowest BCUT2D eigenvalue weighted by Crippen LogP contribution is -2.52. The first-order valence-electron chi connectivity index (χ1n) is 12.1. The molecule has 3 heterocycles. The Kier molecular flexibility index (Phi) is 5.17. The number of hydrogen-bond acceptors (Lipinski definition) is 4. The molecule has 1 fully saturated rings. The minimum Gasteiger partial charge on any atom is -0.483 e. The molecule has 1 spiro atoms. The second-order valence-corrected chi connectivity index (χ2v) is 9.42. The molecule has 2 aliphatic rings. The minimum absolute atomic E-state index is 0.0687. The van der Waals surface area contributed by atoms with Crippen LogP contribution in [0.5, 0.6) is 5.75 Å². The number of nitrogens with one attached hydrogen (secondary N) is 2. The summed E-state index contributed by atoms with van der Waals surface area (Å²) in [6.07, 6.45) is 12.9. The average Bonchev–Trinajstić information content (AvgIpc) is 3.26. The Labute approximate surface area is 194 Å². The Balaban J connectivity index is 1.29. The monoisotopic (exact) mass is 438 g/mol. The molecule has 0 atom stereocenters. The molecule has 2 N–H and O–H groups in total. The van der Waals surface area contributed by atoms with Gasteiger partial charge in [0.1, 0.15) is 11.4 Å². The molecule has 0 unspecified atom stereocenters. The van der Waals surface area contributed by atoms with Crippen LogP contribution in [0.15, 0.2) is 73.2 Å². The molecule has 5 nitrogen and oxygen atoms in total. The highest BCUT2D eigenvalue weighted by Gasteiger charge is 2.40. The third kappa shape index (κ3) is 4.04. The van der Waals surface area contributed by atoms with Gasteiger partial charge in [-0.05, 0) is 68.0 Å². The summed E-state index contributed by atoms with van der Waals surface area (Å²) >= 11 is 0. The predicted molar refractivity (Wildman–Crippen MR) is 135 cm³/mol. The van der Waals surface area contributed by atoms with Gasteiger partial charge in [-0.2, -0.15) is 0 Å². The van der Waals surface area contributed by atoms with Gasteiger partial charge in [0, 0.05) is 53.5 Å². The van der Waals surface area contributed by atoms with Gasteiger partial charge < -0.3 is 19.9 Å². The van der Waals surface area contributed by atoms with Crippen molar-refractivity contribution in [2.24, 2.45) is 0 Å². The van der Waals surface area contributed by atoms with E-state index in [4.69, 9.17) is 4.74 Å². The summed E-state index contributed by atoms with van der Waals surface area (Å²) in [4.78, 5) is 10.1. The zero-order valence-electron chi connectivity index (χ0n) is 18.9. The summed E-state index contributed by atoms with van der Waals surface area (Å²) in [5.41, 5.74) is 5.80. The lowest BCUT2D eigenvalue weighted by atomic mass is 9.83. The Morgan fingerprint density at radius 2 is 1.82 bits per heavy atom. The molecular formula is C28H30N4O. The van der Waals surface area contributed by atoms with E-state index in [0.29, 0.717) is 0 Å². The topological polar surface area (TPSA) is 53.2 Å². The van der Waals surface area contributed by atoms with Gasteiger partial charge in [0.15, 0.2) is 0 Å². The van der Waals surface area contributed by atoms with E-state index in [1.165, 1.54) is 41.4 Å². The number of pyridine rings is 1. The first kappa shape index (κ1) is 20.2. The highest BCUT2D eigenvalue weighted by Crippen LogP contribution is 2.44. The number of rotatable bonds is 5. The van der Waals surface area contributed by atoms with Crippen molar-refractivity contribution in [1.29, 1.82) is 0 Å². The molecule has 5 heteroatoms. The molecule has 6 rings (SSSR count). The van der Waals surface area contributed by atoms with E-state index >= 15 is 0 Å². The fourth-order valence-electron chi connectivity index (χ4n) is 5.48. The molecule has 2 aromatic carbocycles. The van der Waals surface area contributed by atoms with Crippen molar-refractivity contribution in [3.05, 3.63) is 78.8 Å². The zero-order chi connectivity index (χ0) is 22.1. The Morgan fingerprint density at radius 3 is 2.70 bits per heavy atom. The maximum absolute atomic E-state index is 6.78. The fourth-order valence-corrected chi connectivity index (χ4v) is 5.48. The van der Waals surface area contributed by atoms with Crippen LogP contribution in [-0.2, 0) is 6.42 Å². The van der Waals surface area contributed by atoms with Gasteiger partial charge >= 0.3 is 0 Å². The number of aromatic nitrogens is 2. The van der Waals surface area contributed by atoms with Gasteiger partial charge in [-0.1, -0.05) is 24.6 Å². The number of para-hydroxylation sites is 1. The number of anilines is 3. The number of H-pyrrole nitrogens is 1. The summed E-state index contributed by atoms with van der Waals surface area (Å²) < 4.78 is 6.78. The van der Waals surface area contributed by atoms with E-state index in [1.807, 2.05) is 12.1 Å². The van der Waals surface area contributed by atoms with E-state index in [0.717, 1.165) is 49.5 Å². The normalized spacial score (nSPS) is 17.0. The van der Waals surface area contributed by atoms with E-state index in [2.05, 4.69) is 68.8 Å². The number of nitrogens with zero attached hydrogens (tertiary/aromatic N) is 2. The van der Waals surface area contributed by atoms with E-state index in [-0.39, 0.29) is 5.60 Å². The van der Waals surface area contributed by atoms with Gasteiger partial charge in [0.2, 0.25) is 0 Å². The van der Waals surface area contributed by atoms with Crippen LogP contribution in [0.1, 0.15) is 37.7 Å². The van der Waals surface area contributed by atoms with E-state index in [1.54, 1.807) is 12.4 Å². The van der Waals surface area contributed by atoms with Crippen LogP contribution in [0, 0.1) is 0 Å². The maximum Gasteiger partial charge on any atom is 0.145 e. The lowest BCUT2D eigenvalue weighted by Gasteiger charge is -2.46. The van der Waals surface area contributed by atoms with Crippen LogP contribution < -0.4 is 15.0 Å². The third-order valence-corrected chi connectivity index (χ3v) is 7.17. The summed E-state index contributed by atoms with van der Waals surface area (Å²) in [5.74, 6) is 1.00. The molecule has 0 bridgehead atoms. The molecular weight excluding hydrogens is 408 g/mol. The molecule has 33 heavy (non-hydrogen) atoms. The van der Waals surface area contributed by atoms with Crippen molar-refractivity contribution < 1.29 is 4.74 Å². The van der Waals surface area contributed by atoms with Crippen molar-refractivity contribution in [2.75, 3.05) is 23.3 Å². The summed E-state index contributed by atoms with van der Waals surface area (Å²) in [5, 5.41) is 4.82. The van der Waals surface area contributed by atoms with E-state index in [9.17, 15) is 0 Å². The summed E-state index contributed by atoms with van der Waals surface area (Å²) in [7, 11) is 0.